The lowest BCUT2D eigenvalue weighted by molar-refractivity contribution is -0.151. The number of carboxylic acid groups (broad SMARTS) is 1. The zero-order valence-electron chi connectivity index (χ0n) is 11.1. The van der Waals surface area contributed by atoms with Crippen LogP contribution in [0.3, 0.4) is 0 Å². The van der Waals surface area contributed by atoms with Crippen LogP contribution in [0.4, 0.5) is 5.69 Å². The Balaban J connectivity index is 2.97. The number of hydrogen-bond donors (Lipinski definition) is 2. The van der Waals surface area contributed by atoms with Crippen LogP contribution in [0, 0.1) is 11.3 Å². The molecule has 108 valence electrons. The second kappa shape index (κ2) is 7.45. The topological polar surface area (TPSA) is 116 Å². The van der Waals surface area contributed by atoms with Crippen molar-refractivity contribution in [1.82, 2.24) is 0 Å². The molecule has 0 heterocycles. The first-order valence-electron chi connectivity index (χ1n) is 5.91. The molecule has 0 aliphatic rings. The molecule has 2 N–H and O–H groups in total. The summed E-state index contributed by atoms with van der Waals surface area (Å²) in [6.45, 7) is 1.54. The standard InChI is InChI=1S/C14H12N2O5/c1-2-21-14(20)12(17)9(7-15)8-16-11-6-4-3-5-10(11)13(18)19/h3-6,8,16H,2H2,1H3,(H,18,19). The van der Waals surface area contributed by atoms with Crippen molar-refractivity contribution in [2.45, 2.75) is 6.92 Å². The van der Waals surface area contributed by atoms with Gasteiger partial charge in [-0.05, 0) is 19.1 Å². The van der Waals surface area contributed by atoms with E-state index in [0.717, 1.165) is 6.20 Å². The monoisotopic (exact) mass is 288 g/mol. The van der Waals surface area contributed by atoms with Gasteiger partial charge in [-0.2, -0.15) is 5.26 Å². The highest BCUT2D eigenvalue weighted by Crippen LogP contribution is 2.15. The van der Waals surface area contributed by atoms with Crippen LogP contribution in [0.5, 0.6) is 0 Å². The van der Waals surface area contributed by atoms with E-state index >= 15 is 0 Å². The Labute approximate surface area is 120 Å². The second-order valence-electron chi connectivity index (χ2n) is 3.71. The number of esters is 1. The predicted molar refractivity (Wildman–Crippen MR) is 72.4 cm³/mol. The van der Waals surface area contributed by atoms with Crippen molar-refractivity contribution >= 4 is 23.4 Å². The normalized spacial score (nSPS) is 10.4. The maximum Gasteiger partial charge on any atom is 0.380 e. The van der Waals surface area contributed by atoms with Gasteiger partial charge in [-0.1, -0.05) is 12.1 Å². The Hall–Kier alpha value is -3.14. The second-order valence-corrected chi connectivity index (χ2v) is 3.71. The van der Waals surface area contributed by atoms with E-state index in [1.807, 2.05) is 0 Å². The summed E-state index contributed by atoms with van der Waals surface area (Å²) in [6, 6.07) is 7.50. The molecule has 21 heavy (non-hydrogen) atoms. The Kier molecular flexibility index (Phi) is 5.65. The fourth-order valence-electron chi connectivity index (χ4n) is 1.40. The van der Waals surface area contributed by atoms with Crippen molar-refractivity contribution < 1.29 is 24.2 Å². The lowest BCUT2D eigenvalue weighted by Gasteiger charge is -2.05. The van der Waals surface area contributed by atoms with E-state index in [4.69, 9.17) is 10.4 Å². The van der Waals surface area contributed by atoms with Crippen LogP contribution >= 0.6 is 0 Å². The first-order chi connectivity index (χ1) is 10.0. The number of carbonyl (C=O) groups excluding carboxylic acids is 2. The van der Waals surface area contributed by atoms with E-state index in [0.29, 0.717) is 0 Å². The minimum Gasteiger partial charge on any atom is -0.478 e. The SMILES string of the molecule is CCOC(=O)C(=O)C(C#N)=CNc1ccccc1C(=O)O. The molecule has 0 bridgehead atoms. The summed E-state index contributed by atoms with van der Waals surface area (Å²) < 4.78 is 4.50. The van der Waals surface area contributed by atoms with Crippen molar-refractivity contribution in [3.05, 3.63) is 41.6 Å². The van der Waals surface area contributed by atoms with Crippen molar-refractivity contribution in [2.24, 2.45) is 0 Å². The number of nitrogens with one attached hydrogen (secondary N) is 1. The summed E-state index contributed by atoms with van der Waals surface area (Å²) in [5.41, 5.74) is -0.322. The Morgan fingerprint density at radius 2 is 2.05 bits per heavy atom. The molecule has 0 spiro atoms. The van der Waals surface area contributed by atoms with E-state index in [1.165, 1.54) is 25.1 Å². The highest BCUT2D eigenvalue weighted by Gasteiger charge is 2.20. The third kappa shape index (κ3) is 4.18. The Morgan fingerprint density at radius 3 is 2.62 bits per heavy atom. The van der Waals surface area contributed by atoms with Gasteiger partial charge in [0.15, 0.2) is 0 Å². The van der Waals surface area contributed by atoms with E-state index in [9.17, 15) is 14.4 Å². The molecule has 0 saturated heterocycles. The number of nitriles is 1. The van der Waals surface area contributed by atoms with Crippen LogP contribution in [-0.2, 0) is 14.3 Å². The van der Waals surface area contributed by atoms with Gasteiger partial charge in [0.25, 0.3) is 5.78 Å². The number of rotatable bonds is 6. The summed E-state index contributed by atoms with van der Waals surface area (Å²) >= 11 is 0. The number of carbonyl (C=O) groups is 3. The fraction of sp³-hybridized carbons (Fsp3) is 0.143. The molecule has 1 aromatic carbocycles. The zero-order valence-corrected chi connectivity index (χ0v) is 11.1. The first kappa shape index (κ1) is 15.9. The molecule has 0 saturated carbocycles. The lowest BCUT2D eigenvalue weighted by atomic mass is 10.1. The summed E-state index contributed by atoms with van der Waals surface area (Å²) in [5, 5.41) is 20.4. The van der Waals surface area contributed by atoms with Crippen LogP contribution in [-0.4, -0.2) is 29.4 Å². The van der Waals surface area contributed by atoms with Crippen LogP contribution in [0.25, 0.3) is 0 Å². The van der Waals surface area contributed by atoms with Crippen molar-refractivity contribution in [3.63, 3.8) is 0 Å². The molecule has 1 rings (SSSR count). The van der Waals surface area contributed by atoms with E-state index in [2.05, 4.69) is 10.1 Å². The fourth-order valence-corrected chi connectivity index (χ4v) is 1.40. The van der Waals surface area contributed by atoms with Crippen LogP contribution in [0.15, 0.2) is 36.0 Å². The average Bonchev–Trinajstić information content (AvgIpc) is 2.48. The molecule has 0 amide bonds. The van der Waals surface area contributed by atoms with Gasteiger partial charge in [0.2, 0.25) is 0 Å². The number of nitrogens with zero attached hydrogens (tertiary/aromatic N) is 1. The van der Waals surface area contributed by atoms with Crippen molar-refractivity contribution in [2.75, 3.05) is 11.9 Å². The summed E-state index contributed by atoms with van der Waals surface area (Å²) in [4.78, 5) is 33.8. The number of para-hydroxylation sites is 1. The van der Waals surface area contributed by atoms with Crippen LogP contribution in [0.1, 0.15) is 17.3 Å². The predicted octanol–water partition coefficient (Wildman–Crippen LogP) is 1.34. The average molecular weight is 288 g/mol. The smallest absolute Gasteiger partial charge is 0.380 e. The van der Waals surface area contributed by atoms with Gasteiger partial charge in [-0.25, -0.2) is 9.59 Å². The number of anilines is 1. The number of ether oxygens (including phenoxy) is 1. The molecule has 0 aromatic heterocycles. The largest absolute Gasteiger partial charge is 0.478 e. The van der Waals surface area contributed by atoms with Gasteiger partial charge in [0, 0.05) is 6.20 Å². The number of hydrogen-bond acceptors (Lipinski definition) is 6. The highest BCUT2D eigenvalue weighted by molar-refractivity contribution is 6.41. The Bertz CT molecular complexity index is 643. The molecule has 0 fully saturated rings. The van der Waals surface area contributed by atoms with E-state index in [-0.39, 0.29) is 17.9 Å². The third-order valence-electron chi connectivity index (χ3n) is 2.36. The van der Waals surface area contributed by atoms with E-state index in [1.54, 1.807) is 12.1 Å². The molecule has 0 aliphatic carbocycles. The summed E-state index contributed by atoms with van der Waals surface area (Å²) in [7, 11) is 0. The minimum absolute atomic E-state index is 0.0125. The van der Waals surface area contributed by atoms with Crippen molar-refractivity contribution in [1.29, 1.82) is 5.26 Å². The summed E-state index contributed by atoms with van der Waals surface area (Å²) in [6.07, 6.45) is 0.973. The molecule has 0 aliphatic heterocycles. The Morgan fingerprint density at radius 1 is 1.38 bits per heavy atom. The molecule has 0 radical (unpaired) electrons. The number of aromatic carboxylic acids is 1. The first-order valence-corrected chi connectivity index (χ1v) is 5.91. The number of carboxylic acids is 1. The van der Waals surface area contributed by atoms with Crippen LogP contribution in [0.2, 0.25) is 0 Å². The maximum absolute atomic E-state index is 11.6. The zero-order chi connectivity index (χ0) is 15.8. The maximum atomic E-state index is 11.6. The molecule has 7 heteroatoms. The van der Waals surface area contributed by atoms with Gasteiger partial charge in [0.05, 0.1) is 17.9 Å². The van der Waals surface area contributed by atoms with Crippen molar-refractivity contribution in [3.8, 4) is 6.07 Å². The molecular formula is C14H12N2O5. The molecule has 7 nitrogen and oxygen atoms in total. The van der Waals surface area contributed by atoms with Crippen LogP contribution < -0.4 is 5.32 Å². The summed E-state index contributed by atoms with van der Waals surface area (Å²) in [5.74, 6) is -3.40. The lowest BCUT2D eigenvalue weighted by Crippen LogP contribution is -2.19. The number of ketones is 1. The van der Waals surface area contributed by atoms with Gasteiger partial charge >= 0.3 is 11.9 Å². The van der Waals surface area contributed by atoms with Gasteiger partial charge < -0.3 is 15.2 Å². The molecule has 1 aromatic rings. The highest BCUT2D eigenvalue weighted by atomic mass is 16.5. The number of benzene rings is 1. The minimum atomic E-state index is -1.17. The third-order valence-corrected chi connectivity index (χ3v) is 2.36. The van der Waals surface area contributed by atoms with Gasteiger partial charge in [-0.15, -0.1) is 0 Å². The molecule has 0 unspecified atom stereocenters. The molecular weight excluding hydrogens is 276 g/mol. The van der Waals surface area contributed by atoms with E-state index < -0.39 is 23.3 Å². The van der Waals surface area contributed by atoms with Gasteiger partial charge in [0.1, 0.15) is 11.6 Å². The van der Waals surface area contributed by atoms with Gasteiger partial charge in [-0.3, -0.25) is 4.79 Å². The molecule has 0 atom stereocenters. The quantitative estimate of drug-likeness (QED) is 0.351. The number of Topliss-reactive ketones (excluding diaryl/α,β-unsaturated/α-hetero) is 1.